The molecular formula is C9H4O. The van der Waals surface area contributed by atoms with Crippen molar-refractivity contribution in [2.75, 3.05) is 6.61 Å². The van der Waals surface area contributed by atoms with Crippen LogP contribution in [-0.2, 0) is 0 Å². The van der Waals surface area contributed by atoms with Crippen LogP contribution in [0.25, 0.3) is 0 Å². The highest BCUT2D eigenvalue weighted by Gasteiger charge is 1.56. The van der Waals surface area contributed by atoms with Gasteiger partial charge in [-0.15, -0.1) is 6.42 Å². The molecule has 0 rings (SSSR count). The van der Waals surface area contributed by atoms with Gasteiger partial charge >= 0.3 is 0 Å². The average molecular weight is 128 g/mol. The normalized spacial score (nSPS) is 4.40. The van der Waals surface area contributed by atoms with Crippen molar-refractivity contribution in [2.24, 2.45) is 0 Å². The van der Waals surface area contributed by atoms with Crippen LogP contribution in [0.2, 0.25) is 0 Å². The lowest BCUT2D eigenvalue weighted by Gasteiger charge is -1.61. The summed E-state index contributed by atoms with van der Waals surface area (Å²) in [6.45, 7) is -0.183. The SMILES string of the molecule is C#CC#CC#CC#CCO. The Hall–Kier alpha value is -1.80. The van der Waals surface area contributed by atoms with E-state index in [1.165, 1.54) is 0 Å². The zero-order valence-corrected chi connectivity index (χ0v) is 5.23. The molecule has 1 N–H and O–H groups in total. The molecule has 0 saturated carbocycles. The molecule has 0 spiro atoms. The van der Waals surface area contributed by atoms with Gasteiger partial charge in [0.15, 0.2) is 0 Å². The van der Waals surface area contributed by atoms with Crippen LogP contribution in [0.5, 0.6) is 0 Å². The first-order valence-corrected chi connectivity index (χ1v) is 2.46. The Balaban J connectivity index is 3.85. The van der Waals surface area contributed by atoms with Gasteiger partial charge in [-0.05, 0) is 35.5 Å². The lowest BCUT2D eigenvalue weighted by atomic mass is 10.5. The van der Waals surface area contributed by atoms with Gasteiger partial charge in [0.25, 0.3) is 0 Å². The predicted octanol–water partition coefficient (Wildman–Crippen LogP) is -0.378. The Morgan fingerprint density at radius 1 is 1.00 bits per heavy atom. The summed E-state index contributed by atoms with van der Waals surface area (Å²) in [5.74, 6) is 16.2. The molecule has 10 heavy (non-hydrogen) atoms. The maximum absolute atomic E-state index is 8.16. The molecule has 0 unspecified atom stereocenters. The van der Waals surface area contributed by atoms with Crippen molar-refractivity contribution < 1.29 is 5.11 Å². The van der Waals surface area contributed by atoms with Crippen molar-refractivity contribution in [3.05, 3.63) is 0 Å². The van der Waals surface area contributed by atoms with Crippen molar-refractivity contribution in [1.82, 2.24) is 0 Å². The van der Waals surface area contributed by atoms with Crippen molar-refractivity contribution >= 4 is 0 Å². The van der Waals surface area contributed by atoms with Crippen LogP contribution in [0.3, 0.4) is 0 Å². The smallest absolute Gasteiger partial charge is 0.105 e. The van der Waals surface area contributed by atoms with Crippen molar-refractivity contribution in [3.63, 3.8) is 0 Å². The first-order chi connectivity index (χ1) is 4.91. The number of aliphatic hydroxyl groups excluding tert-OH is 1. The number of hydrogen-bond donors (Lipinski definition) is 1. The van der Waals surface area contributed by atoms with Gasteiger partial charge in [0.05, 0.1) is 0 Å². The summed E-state index contributed by atoms with van der Waals surface area (Å²) in [6.07, 6.45) is 4.80. The van der Waals surface area contributed by atoms with E-state index in [9.17, 15) is 0 Å². The molecular weight excluding hydrogens is 124 g/mol. The molecule has 0 aromatic carbocycles. The third kappa shape index (κ3) is 6.20. The van der Waals surface area contributed by atoms with Gasteiger partial charge in [0.1, 0.15) is 6.61 Å². The highest BCUT2D eigenvalue weighted by molar-refractivity contribution is 5.39. The maximum atomic E-state index is 8.16. The molecule has 0 radical (unpaired) electrons. The minimum absolute atomic E-state index is 0.183. The number of rotatable bonds is 0. The monoisotopic (exact) mass is 128 g/mol. The standard InChI is InChI=1S/C9H4O/c1-2-3-4-5-6-7-8-9-10/h1,10H,9H2. The lowest BCUT2D eigenvalue weighted by molar-refractivity contribution is 0.350. The molecule has 0 heterocycles. The zero-order valence-electron chi connectivity index (χ0n) is 5.23. The van der Waals surface area contributed by atoms with Crippen LogP contribution in [0.4, 0.5) is 0 Å². The number of hydrogen-bond acceptors (Lipinski definition) is 1. The quantitative estimate of drug-likeness (QED) is 0.441. The fourth-order valence-electron chi connectivity index (χ4n) is 0.214. The van der Waals surface area contributed by atoms with E-state index in [0.717, 1.165) is 0 Å². The molecule has 0 atom stereocenters. The largest absolute Gasteiger partial charge is 0.384 e. The van der Waals surface area contributed by atoms with Crippen LogP contribution in [-0.4, -0.2) is 11.7 Å². The summed E-state index contributed by atoms with van der Waals surface area (Å²) >= 11 is 0. The average Bonchev–Trinajstić information content (AvgIpc) is 1.97. The van der Waals surface area contributed by atoms with Gasteiger partial charge in [-0.3, -0.25) is 0 Å². The Morgan fingerprint density at radius 2 is 1.60 bits per heavy atom. The van der Waals surface area contributed by atoms with E-state index < -0.39 is 0 Å². The Morgan fingerprint density at radius 3 is 2.20 bits per heavy atom. The zero-order chi connectivity index (χ0) is 7.66. The second-order valence-electron chi connectivity index (χ2n) is 1.10. The summed E-state index contributed by atoms with van der Waals surface area (Å²) < 4.78 is 0. The Bertz CT molecular complexity index is 298. The third-order valence-corrected chi connectivity index (χ3v) is 0.490. The lowest BCUT2D eigenvalue weighted by Crippen LogP contribution is -1.68. The van der Waals surface area contributed by atoms with E-state index in [-0.39, 0.29) is 6.61 Å². The molecule has 0 amide bonds. The van der Waals surface area contributed by atoms with Crippen molar-refractivity contribution in [2.45, 2.75) is 0 Å². The van der Waals surface area contributed by atoms with E-state index in [0.29, 0.717) is 0 Å². The first-order valence-electron chi connectivity index (χ1n) is 2.46. The molecule has 0 bridgehead atoms. The van der Waals surface area contributed by atoms with Gasteiger partial charge in [-0.2, -0.15) is 0 Å². The highest BCUT2D eigenvalue weighted by Crippen LogP contribution is 1.53. The maximum Gasteiger partial charge on any atom is 0.105 e. The molecule has 0 aliphatic heterocycles. The van der Waals surface area contributed by atoms with Crippen LogP contribution in [0.1, 0.15) is 0 Å². The molecule has 0 aliphatic carbocycles. The fourth-order valence-corrected chi connectivity index (χ4v) is 0.214. The van der Waals surface area contributed by atoms with Gasteiger partial charge in [-0.25, -0.2) is 0 Å². The third-order valence-electron chi connectivity index (χ3n) is 0.490. The van der Waals surface area contributed by atoms with E-state index in [4.69, 9.17) is 11.5 Å². The van der Waals surface area contributed by atoms with Crippen LogP contribution in [0.15, 0.2) is 0 Å². The summed E-state index contributed by atoms with van der Waals surface area (Å²) in [5, 5.41) is 8.16. The van der Waals surface area contributed by atoms with Gasteiger partial charge < -0.3 is 5.11 Å². The van der Waals surface area contributed by atoms with Gasteiger partial charge in [-0.1, -0.05) is 5.92 Å². The predicted molar refractivity (Wildman–Crippen MR) is 39.2 cm³/mol. The van der Waals surface area contributed by atoms with Crippen LogP contribution >= 0.6 is 0 Å². The highest BCUT2D eigenvalue weighted by atomic mass is 16.2. The minimum Gasteiger partial charge on any atom is -0.384 e. The van der Waals surface area contributed by atoms with Gasteiger partial charge in [0, 0.05) is 0 Å². The number of aliphatic hydroxyl groups is 1. The van der Waals surface area contributed by atoms with Crippen LogP contribution in [0, 0.1) is 47.9 Å². The molecule has 1 nitrogen and oxygen atoms in total. The molecule has 1 heteroatoms. The molecule has 0 aromatic rings. The number of terminal acetylenes is 1. The topological polar surface area (TPSA) is 20.2 Å². The molecule has 0 fully saturated rings. The minimum atomic E-state index is -0.183. The van der Waals surface area contributed by atoms with E-state index in [1.54, 1.807) is 0 Å². The van der Waals surface area contributed by atoms with E-state index in [1.807, 2.05) is 0 Å². The molecule has 46 valence electrons. The molecule has 0 aliphatic rings. The van der Waals surface area contributed by atoms with Crippen LogP contribution < -0.4 is 0 Å². The summed E-state index contributed by atoms with van der Waals surface area (Å²) in [6, 6.07) is 0. The second-order valence-corrected chi connectivity index (χ2v) is 1.10. The fraction of sp³-hybridized carbons (Fsp3) is 0.111. The van der Waals surface area contributed by atoms with Crippen molar-refractivity contribution in [1.29, 1.82) is 0 Å². The van der Waals surface area contributed by atoms with Crippen molar-refractivity contribution in [3.8, 4) is 47.9 Å². The second kappa shape index (κ2) is 7.20. The first kappa shape index (κ1) is 8.20. The summed E-state index contributed by atoms with van der Waals surface area (Å²) in [4.78, 5) is 0. The summed E-state index contributed by atoms with van der Waals surface area (Å²) in [7, 11) is 0. The molecule has 0 saturated heterocycles. The Labute approximate surface area is 60.4 Å². The van der Waals surface area contributed by atoms with E-state index in [2.05, 4.69) is 41.4 Å². The Kier molecular flexibility index (Phi) is 5.90. The molecule has 0 aromatic heterocycles. The van der Waals surface area contributed by atoms with Gasteiger partial charge in [0.2, 0.25) is 0 Å². The van der Waals surface area contributed by atoms with E-state index >= 15 is 0 Å². The summed E-state index contributed by atoms with van der Waals surface area (Å²) in [5.41, 5.74) is 0.